The van der Waals surface area contributed by atoms with Gasteiger partial charge in [0.25, 0.3) is 0 Å². The third-order valence-electron chi connectivity index (χ3n) is 3.18. The van der Waals surface area contributed by atoms with Crippen LogP contribution in [0.15, 0.2) is 24.3 Å². The van der Waals surface area contributed by atoms with E-state index in [1.165, 1.54) is 6.08 Å². The molecule has 0 atom stereocenters. The van der Waals surface area contributed by atoms with Gasteiger partial charge in [-0.2, -0.15) is 0 Å². The van der Waals surface area contributed by atoms with Crippen molar-refractivity contribution in [2.75, 3.05) is 14.2 Å². The van der Waals surface area contributed by atoms with E-state index >= 15 is 0 Å². The summed E-state index contributed by atoms with van der Waals surface area (Å²) < 4.78 is 10.4. The van der Waals surface area contributed by atoms with Crippen LogP contribution in [-0.4, -0.2) is 26.2 Å². The topological polar surface area (TPSA) is 47.6 Å². The molecule has 0 bridgehead atoms. The normalized spacial score (nSPS) is 10.8. The number of benzene rings is 1. The highest BCUT2D eigenvalue weighted by Crippen LogP contribution is 2.24. The van der Waals surface area contributed by atoms with E-state index in [-0.39, 0.29) is 11.9 Å². The first kappa shape index (κ1) is 16.1. The number of carbonyl (C=O) groups is 1. The maximum absolute atomic E-state index is 11.8. The lowest BCUT2D eigenvalue weighted by molar-refractivity contribution is -0.117. The smallest absolute Gasteiger partial charge is 0.244 e. The van der Waals surface area contributed by atoms with Gasteiger partial charge >= 0.3 is 0 Å². The zero-order chi connectivity index (χ0) is 15.0. The van der Waals surface area contributed by atoms with Crippen molar-refractivity contribution in [1.29, 1.82) is 0 Å². The first-order valence-corrected chi connectivity index (χ1v) is 6.85. The van der Waals surface area contributed by atoms with Crippen molar-refractivity contribution in [3.8, 4) is 11.5 Å². The fourth-order valence-electron chi connectivity index (χ4n) is 1.88. The van der Waals surface area contributed by atoms with Gasteiger partial charge in [0.1, 0.15) is 11.5 Å². The average molecular weight is 277 g/mol. The molecule has 1 rings (SSSR count). The number of methoxy groups -OCH3 is 2. The van der Waals surface area contributed by atoms with E-state index in [1.807, 2.05) is 18.2 Å². The third kappa shape index (κ3) is 4.61. The summed E-state index contributed by atoms with van der Waals surface area (Å²) in [5.41, 5.74) is 0.812. The lowest BCUT2D eigenvalue weighted by Gasteiger charge is -2.12. The summed E-state index contributed by atoms with van der Waals surface area (Å²) in [4.78, 5) is 11.8. The van der Waals surface area contributed by atoms with Crippen molar-refractivity contribution >= 4 is 12.0 Å². The summed E-state index contributed by atoms with van der Waals surface area (Å²) in [6.45, 7) is 4.12. The first-order valence-electron chi connectivity index (χ1n) is 6.85. The molecule has 0 aliphatic carbocycles. The van der Waals surface area contributed by atoms with Crippen LogP contribution in [-0.2, 0) is 4.79 Å². The van der Waals surface area contributed by atoms with Gasteiger partial charge in [-0.3, -0.25) is 4.79 Å². The zero-order valence-electron chi connectivity index (χ0n) is 12.6. The molecule has 1 N–H and O–H groups in total. The highest BCUT2D eigenvalue weighted by Gasteiger charge is 2.06. The highest BCUT2D eigenvalue weighted by atomic mass is 16.5. The Morgan fingerprint density at radius 3 is 2.50 bits per heavy atom. The summed E-state index contributed by atoms with van der Waals surface area (Å²) in [6.07, 6.45) is 5.12. The number of hydrogen-bond acceptors (Lipinski definition) is 3. The van der Waals surface area contributed by atoms with Crippen molar-refractivity contribution in [1.82, 2.24) is 5.32 Å². The number of ether oxygens (including phenoxy) is 2. The van der Waals surface area contributed by atoms with Crippen molar-refractivity contribution in [2.24, 2.45) is 0 Å². The molecule has 1 amide bonds. The summed E-state index contributed by atoms with van der Waals surface area (Å²) in [7, 11) is 3.21. The zero-order valence-corrected chi connectivity index (χ0v) is 12.6. The van der Waals surface area contributed by atoms with Gasteiger partial charge in [-0.15, -0.1) is 0 Å². The van der Waals surface area contributed by atoms with Crippen LogP contribution in [0.25, 0.3) is 6.08 Å². The van der Waals surface area contributed by atoms with Gasteiger partial charge in [-0.25, -0.2) is 0 Å². The number of nitrogens with one attached hydrogen (secondary N) is 1. The highest BCUT2D eigenvalue weighted by molar-refractivity contribution is 5.92. The summed E-state index contributed by atoms with van der Waals surface area (Å²) in [5.74, 6) is 1.34. The first-order chi connectivity index (χ1) is 9.64. The van der Waals surface area contributed by atoms with Gasteiger partial charge in [0.15, 0.2) is 0 Å². The molecule has 0 aliphatic heterocycles. The van der Waals surface area contributed by atoms with E-state index in [0.29, 0.717) is 5.75 Å². The van der Waals surface area contributed by atoms with Crippen molar-refractivity contribution < 1.29 is 14.3 Å². The minimum Gasteiger partial charge on any atom is -0.497 e. The molecule has 4 nitrogen and oxygen atoms in total. The molecule has 0 heterocycles. The van der Waals surface area contributed by atoms with Crippen LogP contribution in [0.1, 0.15) is 32.3 Å². The van der Waals surface area contributed by atoms with E-state index < -0.39 is 0 Å². The van der Waals surface area contributed by atoms with E-state index in [4.69, 9.17) is 9.47 Å². The van der Waals surface area contributed by atoms with E-state index in [2.05, 4.69) is 19.2 Å². The van der Waals surface area contributed by atoms with Crippen LogP contribution in [0, 0.1) is 0 Å². The molecule has 0 saturated carbocycles. The monoisotopic (exact) mass is 277 g/mol. The standard InChI is InChI=1S/C16H23NO3/c1-5-13(6-2)17-16(18)10-7-12-11-14(19-3)8-9-15(12)20-4/h7-11,13H,5-6H2,1-4H3,(H,17,18)/b10-7+. The fourth-order valence-corrected chi connectivity index (χ4v) is 1.88. The molecule has 0 fully saturated rings. The second kappa shape index (κ2) is 8.25. The van der Waals surface area contributed by atoms with Gasteiger partial charge in [0, 0.05) is 17.7 Å². The second-order valence-electron chi connectivity index (χ2n) is 4.46. The van der Waals surface area contributed by atoms with Gasteiger partial charge in [0.05, 0.1) is 14.2 Å². The Labute approximate surface area is 120 Å². The largest absolute Gasteiger partial charge is 0.497 e. The van der Waals surface area contributed by atoms with E-state index in [9.17, 15) is 4.79 Å². The van der Waals surface area contributed by atoms with E-state index in [0.717, 1.165) is 24.2 Å². The van der Waals surface area contributed by atoms with Gasteiger partial charge in [0.2, 0.25) is 5.91 Å². The maximum atomic E-state index is 11.8. The number of hydrogen-bond donors (Lipinski definition) is 1. The predicted molar refractivity (Wildman–Crippen MR) is 81.1 cm³/mol. The van der Waals surface area contributed by atoms with E-state index in [1.54, 1.807) is 20.3 Å². The van der Waals surface area contributed by atoms with Crippen molar-refractivity contribution in [3.63, 3.8) is 0 Å². The molecule has 1 aromatic carbocycles. The van der Waals surface area contributed by atoms with Crippen LogP contribution in [0.2, 0.25) is 0 Å². The van der Waals surface area contributed by atoms with Crippen LogP contribution >= 0.6 is 0 Å². The molecular formula is C16H23NO3. The van der Waals surface area contributed by atoms with Crippen LogP contribution in [0.4, 0.5) is 0 Å². The maximum Gasteiger partial charge on any atom is 0.244 e. The Morgan fingerprint density at radius 1 is 1.25 bits per heavy atom. The average Bonchev–Trinajstić information content (AvgIpc) is 2.50. The lowest BCUT2D eigenvalue weighted by atomic mass is 10.1. The van der Waals surface area contributed by atoms with Gasteiger partial charge in [-0.05, 0) is 37.1 Å². The second-order valence-corrected chi connectivity index (χ2v) is 4.46. The summed E-state index contributed by atoms with van der Waals surface area (Å²) in [6, 6.07) is 5.69. The molecule has 1 aromatic rings. The molecular weight excluding hydrogens is 254 g/mol. The number of carbonyl (C=O) groups excluding carboxylic acids is 1. The SMILES string of the molecule is CCC(CC)NC(=O)/C=C/c1cc(OC)ccc1OC. The molecule has 0 spiro atoms. The minimum atomic E-state index is -0.0939. The molecule has 0 saturated heterocycles. The molecule has 4 heteroatoms. The minimum absolute atomic E-state index is 0.0939. The van der Waals surface area contributed by atoms with Crippen LogP contribution < -0.4 is 14.8 Å². The third-order valence-corrected chi connectivity index (χ3v) is 3.18. The van der Waals surface area contributed by atoms with Crippen molar-refractivity contribution in [2.45, 2.75) is 32.7 Å². The molecule has 0 aliphatic rings. The summed E-state index contributed by atoms with van der Waals surface area (Å²) >= 11 is 0. The Kier molecular flexibility index (Phi) is 6.64. The lowest BCUT2D eigenvalue weighted by Crippen LogP contribution is -2.32. The Bertz CT molecular complexity index is 465. The fraction of sp³-hybridized carbons (Fsp3) is 0.438. The number of rotatable bonds is 7. The Morgan fingerprint density at radius 2 is 1.95 bits per heavy atom. The molecule has 0 aromatic heterocycles. The molecule has 0 unspecified atom stereocenters. The summed E-state index contributed by atoms with van der Waals surface area (Å²) in [5, 5.41) is 2.95. The van der Waals surface area contributed by atoms with Crippen LogP contribution in [0.5, 0.6) is 11.5 Å². The van der Waals surface area contributed by atoms with Crippen molar-refractivity contribution in [3.05, 3.63) is 29.8 Å². The molecule has 20 heavy (non-hydrogen) atoms. The quantitative estimate of drug-likeness (QED) is 0.779. The Hall–Kier alpha value is -1.97. The van der Waals surface area contributed by atoms with Gasteiger partial charge in [-0.1, -0.05) is 13.8 Å². The molecule has 110 valence electrons. The predicted octanol–water partition coefficient (Wildman–Crippen LogP) is 3.02. The Balaban J connectivity index is 2.80. The molecule has 0 radical (unpaired) electrons. The van der Waals surface area contributed by atoms with Crippen LogP contribution in [0.3, 0.4) is 0 Å². The van der Waals surface area contributed by atoms with Gasteiger partial charge < -0.3 is 14.8 Å². The number of amides is 1.